The van der Waals surface area contributed by atoms with E-state index in [4.69, 9.17) is 0 Å². The van der Waals surface area contributed by atoms with Crippen molar-refractivity contribution >= 4 is 28.9 Å². The number of hydrogen-bond acceptors (Lipinski definition) is 3. The molecule has 94 valence electrons. The fourth-order valence-electron chi connectivity index (χ4n) is 1.08. The van der Waals surface area contributed by atoms with Crippen LogP contribution in [0.5, 0.6) is 0 Å². The van der Waals surface area contributed by atoms with Crippen LogP contribution >= 0.6 is 22.6 Å². The van der Waals surface area contributed by atoms with Crippen LogP contribution in [0.25, 0.3) is 0 Å². The second-order valence-corrected chi connectivity index (χ2v) is 4.58. The smallest absolute Gasteiger partial charge is 0.263 e. The second-order valence-electron chi connectivity index (χ2n) is 3.46. The largest absolute Gasteiger partial charge is 0.475 e. The van der Waals surface area contributed by atoms with Crippen molar-refractivity contribution in [3.05, 3.63) is 0 Å². The first-order chi connectivity index (χ1) is 7.09. The quantitative estimate of drug-likeness (QED) is 0.328. The number of halogens is 6. The zero-order valence-corrected chi connectivity index (χ0v) is 10.5. The van der Waals surface area contributed by atoms with Crippen molar-refractivity contribution < 1.29 is 22.0 Å². The van der Waals surface area contributed by atoms with Gasteiger partial charge < -0.3 is 0 Å². The van der Waals surface area contributed by atoms with Crippen LogP contribution < -0.4 is 0 Å². The molecule has 0 bridgehead atoms. The highest BCUT2D eigenvalue weighted by Gasteiger charge is 2.64. The van der Waals surface area contributed by atoms with E-state index in [0.29, 0.717) is 6.34 Å². The Morgan fingerprint density at radius 2 is 1.75 bits per heavy atom. The molecule has 0 aromatic rings. The van der Waals surface area contributed by atoms with E-state index >= 15 is 0 Å². The van der Waals surface area contributed by atoms with Crippen molar-refractivity contribution in [3.63, 3.8) is 0 Å². The van der Waals surface area contributed by atoms with Crippen molar-refractivity contribution in [3.8, 4) is 0 Å². The van der Waals surface area contributed by atoms with Gasteiger partial charge in [0.1, 0.15) is 6.34 Å². The number of hydrazone groups is 1. The summed E-state index contributed by atoms with van der Waals surface area (Å²) in [6.07, 6.45) is -5.10. The molecule has 3 nitrogen and oxygen atoms in total. The van der Waals surface area contributed by atoms with Gasteiger partial charge in [0, 0.05) is 6.04 Å². The molecule has 0 N–H and O–H groups in total. The molecule has 0 aromatic heterocycles. The van der Waals surface area contributed by atoms with Gasteiger partial charge in [-0.25, -0.2) is 0 Å². The highest BCUT2D eigenvalue weighted by molar-refractivity contribution is 14.1. The van der Waals surface area contributed by atoms with E-state index in [1.807, 2.05) is 0 Å². The standard InChI is InChI=1S/C7H9F5IN3/c1-4(2)16-5(13)15(3-14-16)7(11,12)6(8,9)10/h3-5H,1-2H3. The lowest BCUT2D eigenvalue weighted by Crippen LogP contribution is -2.55. The molecule has 1 rings (SSSR count). The first-order valence-corrected chi connectivity index (χ1v) is 5.53. The number of hydrogen-bond donors (Lipinski definition) is 0. The third kappa shape index (κ3) is 2.18. The fourth-order valence-corrected chi connectivity index (χ4v) is 2.37. The van der Waals surface area contributed by atoms with E-state index < -0.39 is 16.4 Å². The van der Waals surface area contributed by atoms with Gasteiger partial charge in [0.15, 0.2) is 4.17 Å². The summed E-state index contributed by atoms with van der Waals surface area (Å²) >= 11 is 1.48. The Kier molecular flexibility index (Phi) is 3.56. The Bertz CT molecular complexity index is 290. The van der Waals surface area contributed by atoms with Gasteiger partial charge in [-0.05, 0) is 36.4 Å². The lowest BCUT2D eigenvalue weighted by atomic mass is 10.4. The van der Waals surface area contributed by atoms with Crippen LogP contribution in [0.4, 0.5) is 22.0 Å². The molecular weight excluding hydrogens is 348 g/mol. The van der Waals surface area contributed by atoms with Gasteiger partial charge in [-0.15, -0.1) is 0 Å². The van der Waals surface area contributed by atoms with E-state index in [2.05, 4.69) is 5.10 Å². The summed E-state index contributed by atoms with van der Waals surface area (Å²) in [5.41, 5.74) is 0. The Morgan fingerprint density at radius 1 is 1.25 bits per heavy atom. The van der Waals surface area contributed by atoms with E-state index in [-0.39, 0.29) is 10.9 Å². The van der Waals surface area contributed by atoms with Crippen LogP contribution in [0.15, 0.2) is 5.10 Å². The van der Waals surface area contributed by atoms with Crippen LogP contribution in [0.1, 0.15) is 13.8 Å². The van der Waals surface area contributed by atoms with E-state index in [9.17, 15) is 22.0 Å². The predicted molar refractivity (Wildman–Crippen MR) is 56.1 cm³/mol. The number of nitrogens with zero attached hydrogens (tertiary/aromatic N) is 3. The molecule has 0 spiro atoms. The summed E-state index contributed by atoms with van der Waals surface area (Å²) in [6, 6.07) is -5.17. The second kappa shape index (κ2) is 4.15. The third-order valence-corrected chi connectivity index (χ3v) is 3.12. The summed E-state index contributed by atoms with van der Waals surface area (Å²) < 4.78 is 61.2. The zero-order valence-electron chi connectivity index (χ0n) is 8.34. The third-order valence-electron chi connectivity index (χ3n) is 1.95. The van der Waals surface area contributed by atoms with Crippen LogP contribution in [0.3, 0.4) is 0 Å². The average Bonchev–Trinajstić information content (AvgIpc) is 2.44. The molecule has 0 fully saturated rings. The zero-order chi connectivity index (χ0) is 12.7. The predicted octanol–water partition coefficient (Wildman–Crippen LogP) is 2.83. The van der Waals surface area contributed by atoms with E-state index in [0.717, 1.165) is 0 Å². The molecule has 1 heterocycles. The Balaban J connectivity index is 2.90. The Morgan fingerprint density at radius 3 is 2.06 bits per heavy atom. The lowest BCUT2D eigenvalue weighted by molar-refractivity contribution is -0.328. The molecule has 0 aromatic carbocycles. The summed E-state index contributed by atoms with van der Waals surface area (Å²) in [4.78, 5) is -0.104. The van der Waals surface area contributed by atoms with Gasteiger partial charge in [-0.3, -0.25) is 9.91 Å². The number of rotatable bonds is 2. The van der Waals surface area contributed by atoms with E-state index in [1.165, 1.54) is 27.6 Å². The van der Waals surface area contributed by atoms with E-state index in [1.54, 1.807) is 13.8 Å². The van der Waals surface area contributed by atoms with Crippen molar-refractivity contribution in [2.45, 2.75) is 36.3 Å². The molecular formula is C7H9F5IN3. The van der Waals surface area contributed by atoms with Gasteiger partial charge in [0.05, 0.1) is 0 Å². The van der Waals surface area contributed by atoms with Gasteiger partial charge >= 0.3 is 12.2 Å². The molecule has 0 radical (unpaired) electrons. The first-order valence-electron chi connectivity index (χ1n) is 4.28. The van der Waals surface area contributed by atoms with Crippen molar-refractivity contribution in [2.75, 3.05) is 0 Å². The van der Waals surface area contributed by atoms with Crippen molar-refractivity contribution in [1.29, 1.82) is 0 Å². The Labute approximate surface area is 102 Å². The molecule has 1 aliphatic rings. The molecule has 16 heavy (non-hydrogen) atoms. The van der Waals surface area contributed by atoms with Crippen molar-refractivity contribution in [1.82, 2.24) is 9.91 Å². The highest BCUT2D eigenvalue weighted by atomic mass is 127. The molecule has 0 saturated carbocycles. The molecule has 0 amide bonds. The SMILES string of the molecule is CC(C)N1N=CN(C(F)(F)C(F)(F)F)C1I. The molecule has 0 aliphatic carbocycles. The lowest BCUT2D eigenvalue weighted by Gasteiger charge is -2.34. The summed E-state index contributed by atoms with van der Waals surface area (Å²) in [6.45, 7) is 3.30. The monoisotopic (exact) mass is 357 g/mol. The highest BCUT2D eigenvalue weighted by Crippen LogP contribution is 2.41. The number of alkyl halides is 6. The molecule has 1 unspecified atom stereocenters. The topological polar surface area (TPSA) is 18.8 Å². The molecule has 0 saturated heterocycles. The van der Waals surface area contributed by atoms with Gasteiger partial charge in [-0.1, -0.05) is 0 Å². The summed E-state index contributed by atoms with van der Waals surface area (Å²) in [7, 11) is 0. The maximum absolute atomic E-state index is 13.0. The molecule has 9 heteroatoms. The van der Waals surface area contributed by atoms with Gasteiger partial charge in [0.25, 0.3) is 0 Å². The minimum atomic E-state index is -5.62. The van der Waals surface area contributed by atoms with Crippen LogP contribution in [-0.2, 0) is 0 Å². The summed E-state index contributed by atoms with van der Waals surface area (Å²) in [5.74, 6) is 0. The van der Waals surface area contributed by atoms with Crippen LogP contribution in [0, 0.1) is 0 Å². The minimum absolute atomic E-state index is 0.104. The van der Waals surface area contributed by atoms with Gasteiger partial charge in [-0.2, -0.15) is 27.1 Å². The van der Waals surface area contributed by atoms with Crippen LogP contribution in [0.2, 0.25) is 0 Å². The Hall–Kier alpha value is -0.350. The van der Waals surface area contributed by atoms with Crippen LogP contribution in [-0.4, -0.2) is 38.7 Å². The van der Waals surface area contributed by atoms with Gasteiger partial charge in [0.2, 0.25) is 0 Å². The fraction of sp³-hybridized carbons (Fsp3) is 0.857. The normalized spacial score (nSPS) is 22.4. The minimum Gasteiger partial charge on any atom is -0.263 e. The summed E-state index contributed by atoms with van der Waals surface area (Å²) in [5, 5.41) is 4.69. The maximum atomic E-state index is 13.0. The maximum Gasteiger partial charge on any atom is 0.475 e. The molecule has 1 atom stereocenters. The van der Waals surface area contributed by atoms with Crippen molar-refractivity contribution in [2.24, 2.45) is 5.10 Å². The molecule has 1 aliphatic heterocycles. The average molecular weight is 357 g/mol. The first kappa shape index (κ1) is 13.7.